The summed E-state index contributed by atoms with van der Waals surface area (Å²) >= 11 is 0. The largest absolute Gasteiger partial charge is 0.493 e. The highest BCUT2D eigenvalue weighted by Crippen LogP contribution is 2.44. The number of hydrogen-bond donors (Lipinski definition) is 0. The zero-order valence-electron chi connectivity index (χ0n) is 18.1. The molecule has 0 bridgehead atoms. The minimum Gasteiger partial charge on any atom is -0.493 e. The topological polar surface area (TPSA) is 79.5 Å². The summed E-state index contributed by atoms with van der Waals surface area (Å²) < 4.78 is 21.7. The summed E-state index contributed by atoms with van der Waals surface area (Å²) in [6.45, 7) is 3.20. The number of ether oxygens (including phenoxy) is 3. The summed E-state index contributed by atoms with van der Waals surface area (Å²) in [5.74, 6) is 1.93. The zero-order chi connectivity index (χ0) is 21.7. The van der Waals surface area contributed by atoms with E-state index in [1.54, 1.807) is 18.0 Å². The Morgan fingerprint density at radius 3 is 2.81 bits per heavy atom. The van der Waals surface area contributed by atoms with Gasteiger partial charge in [-0.05, 0) is 30.2 Å². The lowest BCUT2D eigenvalue weighted by molar-refractivity contribution is 0.0869. The third kappa shape index (κ3) is 3.21. The molecule has 3 aromatic heterocycles. The number of rotatable bonds is 5. The lowest BCUT2D eigenvalue weighted by Crippen LogP contribution is -2.36. The highest BCUT2D eigenvalue weighted by molar-refractivity contribution is 5.75. The van der Waals surface area contributed by atoms with Gasteiger partial charge in [0.1, 0.15) is 12.1 Å². The van der Waals surface area contributed by atoms with E-state index < -0.39 is 0 Å². The fraction of sp³-hybridized carbons (Fsp3) is 0.348. The molecular formula is C23H24N6O3. The molecule has 1 saturated heterocycles. The van der Waals surface area contributed by atoms with E-state index in [0.29, 0.717) is 30.4 Å². The van der Waals surface area contributed by atoms with Gasteiger partial charge < -0.3 is 23.7 Å². The number of benzene rings is 1. The SMILES string of the molecule is COc1cc(Cn2cnc3cc(N4CCC4)cnc32)cc2c1OC(c1cnn(C)c1)CO2. The van der Waals surface area contributed by atoms with Crippen molar-refractivity contribution in [2.45, 2.75) is 19.1 Å². The Kier molecular flexibility index (Phi) is 4.41. The minimum absolute atomic E-state index is 0.224. The van der Waals surface area contributed by atoms with Crippen molar-refractivity contribution < 1.29 is 14.2 Å². The molecule has 32 heavy (non-hydrogen) atoms. The van der Waals surface area contributed by atoms with Gasteiger partial charge in [-0.1, -0.05) is 0 Å². The Bertz CT molecular complexity index is 1280. The Labute approximate surface area is 185 Å². The Hall–Kier alpha value is -3.75. The third-order valence-electron chi connectivity index (χ3n) is 6.06. The van der Waals surface area contributed by atoms with Crippen LogP contribution in [0.3, 0.4) is 0 Å². The van der Waals surface area contributed by atoms with Crippen molar-refractivity contribution in [3.63, 3.8) is 0 Å². The van der Waals surface area contributed by atoms with E-state index >= 15 is 0 Å². The van der Waals surface area contributed by atoms with Crippen molar-refractivity contribution >= 4 is 16.9 Å². The molecule has 5 heterocycles. The number of aromatic nitrogens is 5. The molecule has 2 aliphatic rings. The van der Waals surface area contributed by atoms with Crippen molar-refractivity contribution in [1.29, 1.82) is 0 Å². The molecule has 0 aliphatic carbocycles. The molecule has 0 saturated carbocycles. The van der Waals surface area contributed by atoms with Crippen LogP contribution in [0.4, 0.5) is 5.69 Å². The molecule has 1 unspecified atom stereocenters. The molecule has 0 N–H and O–H groups in total. The van der Waals surface area contributed by atoms with Crippen molar-refractivity contribution in [3.05, 3.63) is 54.2 Å². The second-order valence-electron chi connectivity index (χ2n) is 8.24. The zero-order valence-corrected chi connectivity index (χ0v) is 18.1. The number of fused-ring (bicyclic) bond motifs is 2. The molecule has 6 rings (SSSR count). The summed E-state index contributed by atoms with van der Waals surface area (Å²) in [5, 5.41) is 4.23. The van der Waals surface area contributed by atoms with Gasteiger partial charge in [0.05, 0.1) is 38.1 Å². The summed E-state index contributed by atoms with van der Waals surface area (Å²) in [4.78, 5) is 11.6. The first-order valence-electron chi connectivity index (χ1n) is 10.7. The monoisotopic (exact) mass is 432 g/mol. The van der Waals surface area contributed by atoms with Crippen LogP contribution in [0.5, 0.6) is 17.2 Å². The summed E-state index contributed by atoms with van der Waals surface area (Å²) in [5.41, 5.74) is 4.89. The highest BCUT2D eigenvalue weighted by Gasteiger charge is 2.27. The molecule has 164 valence electrons. The molecule has 2 aliphatic heterocycles. The standard InChI is InChI=1S/C23H24N6O3/c1-27-12-16(9-26-27)21-13-31-20-7-15(6-19(30-2)22(20)32-21)11-29-14-25-18-8-17(10-24-23(18)29)28-4-3-5-28/h6-10,12,14,21H,3-5,11,13H2,1-2H3. The number of methoxy groups -OCH3 is 1. The number of pyridine rings is 1. The van der Waals surface area contributed by atoms with Crippen LogP contribution >= 0.6 is 0 Å². The number of nitrogens with zero attached hydrogens (tertiary/aromatic N) is 6. The third-order valence-corrected chi connectivity index (χ3v) is 6.06. The number of anilines is 1. The fourth-order valence-electron chi connectivity index (χ4n) is 4.21. The van der Waals surface area contributed by atoms with Crippen LogP contribution in [0.1, 0.15) is 23.7 Å². The maximum absolute atomic E-state index is 6.23. The highest BCUT2D eigenvalue weighted by atomic mass is 16.6. The summed E-state index contributed by atoms with van der Waals surface area (Å²) in [6, 6.07) is 6.09. The molecule has 1 fully saturated rings. The number of imidazole rings is 1. The molecule has 9 nitrogen and oxygen atoms in total. The predicted molar refractivity (Wildman–Crippen MR) is 119 cm³/mol. The van der Waals surface area contributed by atoms with Gasteiger partial charge in [0, 0.05) is 31.9 Å². The van der Waals surface area contributed by atoms with Crippen LogP contribution < -0.4 is 19.1 Å². The Balaban J connectivity index is 1.27. The van der Waals surface area contributed by atoms with Crippen LogP contribution in [0, 0.1) is 0 Å². The van der Waals surface area contributed by atoms with Gasteiger partial charge in [-0.2, -0.15) is 5.10 Å². The van der Waals surface area contributed by atoms with E-state index in [-0.39, 0.29) is 6.10 Å². The normalized spacial score (nSPS) is 17.4. The Morgan fingerprint density at radius 2 is 2.06 bits per heavy atom. The Morgan fingerprint density at radius 1 is 1.16 bits per heavy atom. The molecule has 4 aromatic rings. The van der Waals surface area contributed by atoms with Gasteiger partial charge in [-0.15, -0.1) is 0 Å². The van der Waals surface area contributed by atoms with Crippen molar-refractivity contribution in [1.82, 2.24) is 24.3 Å². The van der Waals surface area contributed by atoms with Crippen molar-refractivity contribution in [2.24, 2.45) is 7.05 Å². The molecule has 0 amide bonds. The van der Waals surface area contributed by atoms with Crippen molar-refractivity contribution in [2.75, 3.05) is 31.7 Å². The first kappa shape index (κ1) is 19.0. The van der Waals surface area contributed by atoms with Gasteiger partial charge in [0.15, 0.2) is 23.3 Å². The molecule has 9 heteroatoms. The van der Waals surface area contributed by atoms with Gasteiger partial charge >= 0.3 is 0 Å². The van der Waals surface area contributed by atoms with Crippen LogP contribution in [-0.4, -0.2) is 51.1 Å². The second-order valence-corrected chi connectivity index (χ2v) is 8.24. The van der Waals surface area contributed by atoms with E-state index in [1.807, 2.05) is 42.5 Å². The lowest BCUT2D eigenvalue weighted by atomic mass is 10.1. The van der Waals surface area contributed by atoms with E-state index in [2.05, 4.69) is 26.0 Å². The lowest BCUT2D eigenvalue weighted by Gasteiger charge is -2.32. The summed E-state index contributed by atoms with van der Waals surface area (Å²) in [7, 11) is 3.52. The van der Waals surface area contributed by atoms with E-state index in [9.17, 15) is 0 Å². The van der Waals surface area contributed by atoms with Gasteiger partial charge in [0.2, 0.25) is 5.75 Å². The molecule has 0 spiro atoms. The average molecular weight is 432 g/mol. The number of hydrogen-bond acceptors (Lipinski definition) is 7. The first-order chi connectivity index (χ1) is 15.7. The van der Waals surface area contributed by atoms with E-state index in [1.165, 1.54) is 6.42 Å². The molecule has 1 aromatic carbocycles. The van der Waals surface area contributed by atoms with Crippen LogP contribution in [-0.2, 0) is 13.6 Å². The fourth-order valence-corrected chi connectivity index (χ4v) is 4.21. The smallest absolute Gasteiger partial charge is 0.204 e. The van der Waals surface area contributed by atoms with Gasteiger partial charge in [-0.25, -0.2) is 9.97 Å². The average Bonchev–Trinajstić information content (AvgIpc) is 3.38. The van der Waals surface area contributed by atoms with Crippen LogP contribution in [0.15, 0.2) is 43.1 Å². The first-order valence-corrected chi connectivity index (χ1v) is 10.7. The second kappa shape index (κ2) is 7.44. The maximum Gasteiger partial charge on any atom is 0.204 e. The predicted octanol–water partition coefficient (Wildman–Crippen LogP) is 2.94. The maximum atomic E-state index is 6.23. The van der Waals surface area contributed by atoms with Crippen LogP contribution in [0.2, 0.25) is 0 Å². The van der Waals surface area contributed by atoms with Crippen molar-refractivity contribution in [3.8, 4) is 17.2 Å². The van der Waals surface area contributed by atoms with E-state index in [4.69, 9.17) is 14.2 Å². The van der Waals surface area contributed by atoms with E-state index in [0.717, 1.165) is 41.1 Å². The summed E-state index contributed by atoms with van der Waals surface area (Å²) in [6.07, 6.45) is 8.51. The van der Waals surface area contributed by atoms with Gasteiger partial charge in [-0.3, -0.25) is 4.68 Å². The van der Waals surface area contributed by atoms with Gasteiger partial charge in [0.25, 0.3) is 0 Å². The number of aryl methyl sites for hydroxylation is 1. The molecular weight excluding hydrogens is 408 g/mol. The van der Waals surface area contributed by atoms with Crippen LogP contribution in [0.25, 0.3) is 11.2 Å². The molecule has 1 atom stereocenters. The minimum atomic E-state index is -0.224. The molecule has 0 radical (unpaired) electrons. The quantitative estimate of drug-likeness (QED) is 0.480.